The normalized spacial score (nSPS) is 21.1. The fourth-order valence-electron chi connectivity index (χ4n) is 4.84. The van der Waals surface area contributed by atoms with Crippen LogP contribution in [0.25, 0.3) is 0 Å². The summed E-state index contributed by atoms with van der Waals surface area (Å²) in [6.07, 6.45) is 4.51. The number of benzene rings is 1. The number of anilines is 2. The highest BCUT2D eigenvalue weighted by molar-refractivity contribution is 6.07. The van der Waals surface area contributed by atoms with Crippen LogP contribution in [0.15, 0.2) is 41.0 Å². The Morgan fingerprint density at radius 1 is 0.935 bits per heavy atom. The highest BCUT2D eigenvalue weighted by Gasteiger charge is 2.38. The first-order valence-electron chi connectivity index (χ1n) is 10.8. The van der Waals surface area contributed by atoms with E-state index in [1.54, 1.807) is 33.9 Å². The molecule has 2 saturated heterocycles. The van der Waals surface area contributed by atoms with Gasteiger partial charge in [0.05, 0.1) is 17.6 Å². The summed E-state index contributed by atoms with van der Waals surface area (Å²) in [4.78, 5) is 45.8. The topological polar surface area (TPSA) is 77.3 Å². The molecule has 0 bridgehead atoms. The van der Waals surface area contributed by atoms with Gasteiger partial charge in [0.1, 0.15) is 6.04 Å². The summed E-state index contributed by atoms with van der Waals surface area (Å²) in [6, 6.07) is 8.92. The number of carbonyl (C=O) groups is 3. The van der Waals surface area contributed by atoms with Crippen LogP contribution < -0.4 is 9.80 Å². The molecule has 3 amide bonds. The highest BCUT2D eigenvalue weighted by atomic mass is 16.3. The summed E-state index contributed by atoms with van der Waals surface area (Å²) in [5.41, 5.74) is 2.39. The molecule has 2 fully saturated rings. The lowest BCUT2D eigenvalue weighted by Gasteiger charge is -2.44. The van der Waals surface area contributed by atoms with Gasteiger partial charge in [0.15, 0.2) is 5.76 Å². The first kappa shape index (κ1) is 19.7. The minimum Gasteiger partial charge on any atom is -0.459 e. The minimum atomic E-state index is -0.151. The van der Waals surface area contributed by atoms with Crippen LogP contribution in [-0.4, -0.2) is 73.3 Å². The molecule has 31 heavy (non-hydrogen) atoms. The van der Waals surface area contributed by atoms with E-state index in [1.165, 1.54) is 6.26 Å². The molecule has 8 heteroatoms. The van der Waals surface area contributed by atoms with Gasteiger partial charge >= 0.3 is 0 Å². The van der Waals surface area contributed by atoms with Crippen LogP contribution in [0.5, 0.6) is 0 Å². The summed E-state index contributed by atoms with van der Waals surface area (Å²) in [5.74, 6) is 0.191. The Kier molecular flexibility index (Phi) is 4.92. The van der Waals surface area contributed by atoms with Crippen LogP contribution in [-0.2, 0) is 4.79 Å². The number of amides is 3. The number of hydrogen-bond donors (Lipinski definition) is 0. The Labute approximate surface area is 181 Å². The van der Waals surface area contributed by atoms with E-state index in [0.717, 1.165) is 37.2 Å². The third kappa shape index (κ3) is 3.36. The predicted molar refractivity (Wildman–Crippen MR) is 115 cm³/mol. The Hall–Kier alpha value is -3.29. The molecule has 3 aliphatic heterocycles. The molecule has 1 unspecified atom stereocenters. The molecule has 3 aliphatic rings. The van der Waals surface area contributed by atoms with E-state index < -0.39 is 0 Å². The maximum absolute atomic E-state index is 13.1. The number of nitrogens with zero attached hydrogens (tertiary/aromatic N) is 4. The molecule has 162 valence electrons. The number of carbonyl (C=O) groups excluding carboxylic acids is 3. The van der Waals surface area contributed by atoms with Crippen molar-refractivity contribution < 1.29 is 18.8 Å². The van der Waals surface area contributed by atoms with Gasteiger partial charge in [0, 0.05) is 45.3 Å². The third-order valence-corrected chi connectivity index (χ3v) is 6.60. The van der Waals surface area contributed by atoms with Gasteiger partial charge in [-0.2, -0.15) is 0 Å². The summed E-state index contributed by atoms with van der Waals surface area (Å²) >= 11 is 0. The smallest absolute Gasteiger partial charge is 0.289 e. The lowest BCUT2D eigenvalue weighted by atomic mass is 9.95. The molecular weight excluding hydrogens is 396 g/mol. The van der Waals surface area contributed by atoms with Gasteiger partial charge in [-0.1, -0.05) is 0 Å². The Morgan fingerprint density at radius 2 is 1.68 bits per heavy atom. The van der Waals surface area contributed by atoms with Crippen LogP contribution in [0.2, 0.25) is 0 Å². The van der Waals surface area contributed by atoms with Crippen molar-refractivity contribution in [3.8, 4) is 0 Å². The summed E-state index contributed by atoms with van der Waals surface area (Å²) in [6.45, 7) is 2.72. The van der Waals surface area contributed by atoms with Gasteiger partial charge in [0.2, 0.25) is 5.91 Å². The molecule has 0 aliphatic carbocycles. The molecular formula is C23H26N4O4. The average Bonchev–Trinajstić information content (AvgIpc) is 3.36. The van der Waals surface area contributed by atoms with Crippen LogP contribution in [0.3, 0.4) is 0 Å². The molecule has 1 aromatic heterocycles. The predicted octanol–water partition coefficient (Wildman–Crippen LogP) is 2.21. The maximum Gasteiger partial charge on any atom is 0.289 e. The fourth-order valence-corrected chi connectivity index (χ4v) is 4.84. The van der Waals surface area contributed by atoms with E-state index in [4.69, 9.17) is 4.42 Å². The SMILES string of the molecule is CN1C(=O)C2CCCCN2c2ccc(C(=O)N3CCN(C(=O)c4ccco4)CC3)cc21. The number of fused-ring (bicyclic) bond motifs is 3. The van der Waals surface area contributed by atoms with Crippen molar-refractivity contribution in [3.05, 3.63) is 47.9 Å². The van der Waals surface area contributed by atoms with Crippen molar-refractivity contribution >= 4 is 29.1 Å². The zero-order valence-electron chi connectivity index (χ0n) is 17.6. The molecule has 0 N–H and O–H groups in total. The number of piperazine rings is 1. The number of likely N-dealkylation sites (N-methyl/N-ethyl adjacent to an activating group) is 1. The van der Waals surface area contributed by atoms with Crippen molar-refractivity contribution in [2.24, 2.45) is 0 Å². The summed E-state index contributed by atoms with van der Waals surface area (Å²) in [7, 11) is 1.79. The van der Waals surface area contributed by atoms with Gasteiger partial charge in [-0.25, -0.2) is 0 Å². The molecule has 4 heterocycles. The fraction of sp³-hybridized carbons (Fsp3) is 0.435. The van der Waals surface area contributed by atoms with Gasteiger partial charge in [-0.15, -0.1) is 0 Å². The van der Waals surface area contributed by atoms with Crippen LogP contribution in [0.4, 0.5) is 11.4 Å². The molecule has 1 aromatic carbocycles. The first-order valence-corrected chi connectivity index (χ1v) is 10.8. The van der Waals surface area contributed by atoms with Crippen LogP contribution in [0, 0.1) is 0 Å². The van der Waals surface area contributed by atoms with Gasteiger partial charge in [0.25, 0.3) is 11.8 Å². The monoisotopic (exact) mass is 422 g/mol. The molecule has 8 nitrogen and oxygen atoms in total. The van der Waals surface area contributed by atoms with E-state index >= 15 is 0 Å². The zero-order chi connectivity index (χ0) is 21.5. The Morgan fingerprint density at radius 3 is 2.39 bits per heavy atom. The number of furan rings is 1. The van der Waals surface area contributed by atoms with E-state index in [2.05, 4.69) is 4.90 Å². The van der Waals surface area contributed by atoms with Crippen molar-refractivity contribution in [3.63, 3.8) is 0 Å². The lowest BCUT2D eigenvalue weighted by Crippen LogP contribution is -2.54. The first-order chi connectivity index (χ1) is 15.0. The Balaban J connectivity index is 1.31. The van der Waals surface area contributed by atoms with Crippen molar-refractivity contribution in [2.75, 3.05) is 49.6 Å². The van der Waals surface area contributed by atoms with E-state index in [-0.39, 0.29) is 23.8 Å². The van der Waals surface area contributed by atoms with Crippen LogP contribution >= 0.6 is 0 Å². The summed E-state index contributed by atoms with van der Waals surface area (Å²) < 4.78 is 5.19. The average molecular weight is 422 g/mol. The Bertz CT molecular complexity index is 1010. The number of rotatable bonds is 2. The van der Waals surface area contributed by atoms with Crippen molar-refractivity contribution in [1.29, 1.82) is 0 Å². The molecule has 5 rings (SSSR count). The number of piperidine rings is 1. The quantitative estimate of drug-likeness (QED) is 0.742. The standard InChI is InChI=1S/C23H26N4O4/c1-24-19-15-16(7-8-17(19)27-9-3-2-5-18(27)22(24)29)21(28)25-10-12-26(13-11-25)23(30)20-6-4-14-31-20/h4,6-8,14-15,18H,2-3,5,9-13H2,1H3. The highest BCUT2D eigenvalue weighted by Crippen LogP contribution is 2.39. The molecule has 1 atom stereocenters. The van der Waals surface area contributed by atoms with Gasteiger partial charge in [-0.05, 0) is 49.6 Å². The van der Waals surface area contributed by atoms with Crippen molar-refractivity contribution in [1.82, 2.24) is 9.80 Å². The molecule has 0 spiro atoms. The second-order valence-corrected chi connectivity index (χ2v) is 8.37. The van der Waals surface area contributed by atoms with Crippen LogP contribution in [0.1, 0.15) is 40.2 Å². The summed E-state index contributed by atoms with van der Waals surface area (Å²) in [5, 5.41) is 0. The zero-order valence-corrected chi connectivity index (χ0v) is 17.6. The molecule has 0 radical (unpaired) electrons. The van der Waals surface area contributed by atoms with E-state index in [9.17, 15) is 14.4 Å². The molecule has 2 aromatic rings. The maximum atomic E-state index is 13.1. The number of hydrogen-bond acceptors (Lipinski definition) is 5. The molecule has 0 saturated carbocycles. The minimum absolute atomic E-state index is 0.0745. The third-order valence-electron chi connectivity index (χ3n) is 6.60. The van der Waals surface area contributed by atoms with Gasteiger partial charge < -0.3 is 24.0 Å². The van der Waals surface area contributed by atoms with Crippen molar-refractivity contribution in [2.45, 2.75) is 25.3 Å². The second kappa shape index (κ2) is 7.76. The van der Waals surface area contributed by atoms with E-state index in [1.807, 2.05) is 18.2 Å². The largest absolute Gasteiger partial charge is 0.459 e. The van der Waals surface area contributed by atoms with Gasteiger partial charge in [-0.3, -0.25) is 14.4 Å². The lowest BCUT2D eigenvalue weighted by molar-refractivity contribution is -0.120. The second-order valence-electron chi connectivity index (χ2n) is 8.37. The van der Waals surface area contributed by atoms with E-state index in [0.29, 0.717) is 37.5 Å².